The fourth-order valence-electron chi connectivity index (χ4n) is 3.08. The lowest BCUT2D eigenvalue weighted by Gasteiger charge is -2.23. The molecule has 7 nitrogen and oxygen atoms in total. The number of hydrogen-bond acceptors (Lipinski definition) is 6. The first-order valence-electron chi connectivity index (χ1n) is 9.97. The number of aryl methyl sites for hydroxylation is 1. The number of amides is 1. The van der Waals surface area contributed by atoms with Crippen LogP contribution in [0, 0.1) is 18.3 Å². The Morgan fingerprint density at radius 2 is 1.65 bits per heavy atom. The minimum atomic E-state index is -4.39. The zero-order valence-electron chi connectivity index (χ0n) is 18.7. The number of benzene rings is 3. The van der Waals surface area contributed by atoms with Crippen molar-refractivity contribution in [1.29, 1.82) is 5.26 Å². The summed E-state index contributed by atoms with van der Waals surface area (Å²) in [5, 5.41) is 9.84. The first kappa shape index (κ1) is 24.8. The average Bonchev–Trinajstić information content (AvgIpc) is 2.83. The Morgan fingerprint density at radius 1 is 1.00 bits per heavy atom. The van der Waals surface area contributed by atoms with E-state index in [1.807, 2.05) is 13.0 Å². The predicted molar refractivity (Wildman–Crippen MR) is 130 cm³/mol. The second kappa shape index (κ2) is 10.4. The maximum atomic E-state index is 13.6. The lowest BCUT2D eigenvalue weighted by atomic mass is 10.1. The van der Waals surface area contributed by atoms with Gasteiger partial charge in [0.05, 0.1) is 29.8 Å². The number of sulfonamides is 1. The summed E-state index contributed by atoms with van der Waals surface area (Å²) < 4.78 is 38.0. The highest BCUT2D eigenvalue weighted by atomic mass is 35.5. The van der Waals surface area contributed by atoms with E-state index in [0.29, 0.717) is 21.4 Å². The predicted octanol–water partition coefficient (Wildman–Crippen LogP) is 4.99. The zero-order valence-corrected chi connectivity index (χ0v) is 20.2. The molecular formula is C25H21ClN2O5S. The Kier molecular flexibility index (Phi) is 7.61. The molecule has 0 atom stereocenters. The van der Waals surface area contributed by atoms with Crippen LogP contribution in [0.5, 0.6) is 11.5 Å². The molecule has 0 saturated carbocycles. The molecule has 9 heteroatoms. The van der Waals surface area contributed by atoms with Gasteiger partial charge in [-0.25, -0.2) is 8.42 Å². The second-order valence-electron chi connectivity index (χ2n) is 7.15. The van der Waals surface area contributed by atoms with Crippen LogP contribution in [0.3, 0.4) is 0 Å². The van der Waals surface area contributed by atoms with Crippen LogP contribution >= 0.6 is 11.6 Å². The molecule has 174 valence electrons. The third-order valence-electron chi connectivity index (χ3n) is 4.89. The van der Waals surface area contributed by atoms with Gasteiger partial charge in [-0.1, -0.05) is 41.4 Å². The molecular weight excluding hydrogens is 476 g/mol. The SMILES string of the molecule is COc1ccc(/C=C(\C#N)C(=O)N(c2ccc(OC)c(Cl)c2)S(=O)(=O)c2ccc(C)cc2)cc1. The Labute approximate surface area is 203 Å². The number of halogens is 1. The van der Waals surface area contributed by atoms with Gasteiger partial charge in [0.2, 0.25) is 0 Å². The summed E-state index contributed by atoms with van der Waals surface area (Å²) >= 11 is 6.22. The zero-order chi connectivity index (χ0) is 24.9. The minimum absolute atomic E-state index is 0.0349. The quantitative estimate of drug-likeness (QED) is 0.337. The van der Waals surface area contributed by atoms with Crippen molar-refractivity contribution in [3.63, 3.8) is 0 Å². The van der Waals surface area contributed by atoms with Crippen molar-refractivity contribution < 1.29 is 22.7 Å². The molecule has 0 heterocycles. The highest BCUT2D eigenvalue weighted by Gasteiger charge is 2.33. The number of rotatable bonds is 7. The van der Waals surface area contributed by atoms with Crippen molar-refractivity contribution in [2.75, 3.05) is 18.5 Å². The fraction of sp³-hybridized carbons (Fsp3) is 0.120. The number of hydrogen-bond donors (Lipinski definition) is 0. The Bertz CT molecular complexity index is 1380. The monoisotopic (exact) mass is 496 g/mol. The van der Waals surface area contributed by atoms with Gasteiger partial charge in [-0.05, 0) is 61.0 Å². The van der Waals surface area contributed by atoms with Crippen LogP contribution in [0.4, 0.5) is 5.69 Å². The van der Waals surface area contributed by atoms with Gasteiger partial charge in [-0.3, -0.25) is 4.79 Å². The van der Waals surface area contributed by atoms with Gasteiger partial charge in [0.1, 0.15) is 23.1 Å². The van der Waals surface area contributed by atoms with E-state index in [0.717, 1.165) is 5.56 Å². The highest BCUT2D eigenvalue weighted by molar-refractivity contribution is 7.93. The average molecular weight is 497 g/mol. The van der Waals surface area contributed by atoms with Gasteiger partial charge in [-0.15, -0.1) is 0 Å². The van der Waals surface area contributed by atoms with Crippen LogP contribution < -0.4 is 13.8 Å². The van der Waals surface area contributed by atoms with E-state index < -0.39 is 15.9 Å². The molecule has 1 amide bonds. The van der Waals surface area contributed by atoms with Crippen molar-refractivity contribution in [3.05, 3.63) is 88.5 Å². The first-order chi connectivity index (χ1) is 16.2. The highest BCUT2D eigenvalue weighted by Crippen LogP contribution is 2.33. The molecule has 0 aliphatic heterocycles. The molecule has 3 rings (SSSR count). The molecule has 0 unspecified atom stereocenters. The smallest absolute Gasteiger partial charge is 0.282 e. The number of nitriles is 1. The van der Waals surface area contributed by atoms with Crippen LogP contribution in [0.1, 0.15) is 11.1 Å². The summed E-state index contributed by atoms with van der Waals surface area (Å²) in [6, 6.07) is 18.6. The molecule has 0 spiro atoms. The van der Waals surface area contributed by atoms with E-state index in [1.54, 1.807) is 36.4 Å². The Balaban J connectivity index is 2.16. The third kappa shape index (κ3) is 5.22. The second-order valence-corrected chi connectivity index (χ2v) is 9.34. The maximum absolute atomic E-state index is 13.6. The topological polar surface area (TPSA) is 96.7 Å². The molecule has 3 aromatic carbocycles. The minimum Gasteiger partial charge on any atom is -0.497 e. The number of carbonyl (C=O) groups excluding carboxylic acids is 1. The molecule has 0 aromatic heterocycles. The Morgan fingerprint density at radius 3 is 2.18 bits per heavy atom. The summed E-state index contributed by atoms with van der Waals surface area (Å²) in [5.74, 6) is -0.126. The van der Waals surface area contributed by atoms with Gasteiger partial charge < -0.3 is 9.47 Å². The molecule has 0 saturated heterocycles. The standard InChI is InChI=1S/C25H21ClN2O5S/c1-17-4-11-22(12-5-17)34(30,31)28(20-8-13-24(33-3)23(26)15-20)25(29)19(16-27)14-18-6-9-21(32-2)10-7-18/h4-15H,1-3H3/b19-14+. The largest absolute Gasteiger partial charge is 0.497 e. The van der Waals surface area contributed by atoms with Gasteiger partial charge in [-0.2, -0.15) is 9.57 Å². The van der Waals surface area contributed by atoms with E-state index in [9.17, 15) is 18.5 Å². The summed E-state index contributed by atoms with van der Waals surface area (Å²) in [7, 11) is -1.46. The van der Waals surface area contributed by atoms with E-state index in [4.69, 9.17) is 21.1 Å². The normalized spacial score (nSPS) is 11.4. The summed E-state index contributed by atoms with van der Waals surface area (Å²) in [4.78, 5) is 13.4. The van der Waals surface area contributed by atoms with Crippen molar-refractivity contribution in [1.82, 2.24) is 0 Å². The van der Waals surface area contributed by atoms with Crippen LogP contribution in [-0.4, -0.2) is 28.5 Å². The number of carbonyl (C=O) groups is 1. The molecule has 0 bridgehead atoms. The molecule has 34 heavy (non-hydrogen) atoms. The van der Waals surface area contributed by atoms with E-state index in [1.165, 1.54) is 50.6 Å². The lowest BCUT2D eigenvalue weighted by molar-refractivity contribution is -0.113. The van der Waals surface area contributed by atoms with E-state index in [2.05, 4.69) is 0 Å². The number of methoxy groups -OCH3 is 2. The van der Waals surface area contributed by atoms with Gasteiger partial charge in [0, 0.05) is 0 Å². The van der Waals surface area contributed by atoms with Crippen molar-refractivity contribution in [3.8, 4) is 17.6 Å². The summed E-state index contributed by atoms with van der Waals surface area (Å²) in [5.41, 5.74) is 0.952. The molecule has 3 aromatic rings. The summed E-state index contributed by atoms with van der Waals surface area (Å²) in [6.07, 6.45) is 1.31. The van der Waals surface area contributed by atoms with Crippen LogP contribution in [0.25, 0.3) is 6.08 Å². The number of anilines is 1. The first-order valence-corrected chi connectivity index (χ1v) is 11.8. The molecule has 0 N–H and O–H groups in total. The molecule has 0 fully saturated rings. The van der Waals surface area contributed by atoms with Crippen molar-refractivity contribution >= 4 is 39.3 Å². The number of nitrogens with zero attached hydrogens (tertiary/aromatic N) is 2. The van der Waals surface area contributed by atoms with Gasteiger partial charge in [0.25, 0.3) is 15.9 Å². The lowest BCUT2D eigenvalue weighted by Crippen LogP contribution is -2.37. The van der Waals surface area contributed by atoms with E-state index >= 15 is 0 Å². The number of ether oxygens (including phenoxy) is 2. The van der Waals surface area contributed by atoms with E-state index in [-0.39, 0.29) is 21.2 Å². The third-order valence-corrected chi connectivity index (χ3v) is 6.91. The maximum Gasteiger partial charge on any atom is 0.282 e. The van der Waals surface area contributed by atoms with Crippen molar-refractivity contribution in [2.45, 2.75) is 11.8 Å². The molecule has 0 aliphatic rings. The summed E-state index contributed by atoms with van der Waals surface area (Å²) in [6.45, 7) is 1.81. The Hall–Kier alpha value is -3.80. The van der Waals surface area contributed by atoms with Crippen LogP contribution in [-0.2, 0) is 14.8 Å². The van der Waals surface area contributed by atoms with Gasteiger partial charge >= 0.3 is 0 Å². The molecule has 0 radical (unpaired) electrons. The van der Waals surface area contributed by atoms with Crippen LogP contribution in [0.15, 0.2) is 77.2 Å². The fourth-order valence-corrected chi connectivity index (χ4v) is 4.73. The van der Waals surface area contributed by atoms with Gasteiger partial charge in [0.15, 0.2) is 0 Å². The van der Waals surface area contributed by atoms with Crippen LogP contribution in [0.2, 0.25) is 5.02 Å². The molecule has 0 aliphatic carbocycles. The van der Waals surface area contributed by atoms with Crippen molar-refractivity contribution in [2.24, 2.45) is 0 Å².